The molecule has 0 aliphatic heterocycles. The predicted octanol–water partition coefficient (Wildman–Crippen LogP) is 4.08. The summed E-state index contributed by atoms with van der Waals surface area (Å²) < 4.78 is 0. The van der Waals surface area contributed by atoms with E-state index in [1.807, 2.05) is 0 Å². The first-order valence-electron chi connectivity index (χ1n) is 6.75. The first-order chi connectivity index (χ1) is 8.80. The fraction of sp³-hybridized carbons (Fsp3) is 0.438. The Balaban J connectivity index is 2.46. The quantitative estimate of drug-likeness (QED) is 0.851. The van der Waals surface area contributed by atoms with Crippen LogP contribution in [0.3, 0.4) is 0 Å². The molecule has 2 rings (SSSR count). The van der Waals surface area contributed by atoms with Gasteiger partial charge in [0.1, 0.15) is 0 Å². The molecule has 0 spiro atoms. The van der Waals surface area contributed by atoms with Gasteiger partial charge in [0.2, 0.25) is 0 Å². The van der Waals surface area contributed by atoms with Crippen molar-refractivity contribution in [1.82, 2.24) is 10.2 Å². The largest absolute Gasteiger partial charge is 0.382 e. The number of nitrogens with zero attached hydrogens (tertiary/aromatic N) is 1. The van der Waals surface area contributed by atoms with Gasteiger partial charge >= 0.3 is 0 Å². The topological polar surface area (TPSA) is 54.7 Å². The second-order valence-electron chi connectivity index (χ2n) is 6.38. The minimum absolute atomic E-state index is 0.168. The van der Waals surface area contributed by atoms with Crippen molar-refractivity contribution in [3.05, 3.63) is 35.5 Å². The Labute approximate surface area is 115 Å². The molecule has 1 heterocycles. The minimum atomic E-state index is 0.168. The molecule has 1 aromatic carbocycles. The highest BCUT2D eigenvalue weighted by Crippen LogP contribution is 2.33. The van der Waals surface area contributed by atoms with E-state index in [9.17, 15) is 0 Å². The van der Waals surface area contributed by atoms with Crippen molar-refractivity contribution in [2.24, 2.45) is 0 Å². The smallest absolute Gasteiger partial charge is 0.153 e. The summed E-state index contributed by atoms with van der Waals surface area (Å²) >= 11 is 0. The van der Waals surface area contributed by atoms with Crippen LogP contribution in [0.4, 0.5) is 5.82 Å². The van der Waals surface area contributed by atoms with Crippen LogP contribution >= 0.6 is 0 Å². The molecule has 0 saturated carbocycles. The molecule has 3 N–H and O–H groups in total. The number of anilines is 1. The van der Waals surface area contributed by atoms with Crippen molar-refractivity contribution in [1.29, 1.82) is 0 Å². The number of rotatable bonds is 2. The van der Waals surface area contributed by atoms with Gasteiger partial charge in [-0.15, -0.1) is 0 Å². The van der Waals surface area contributed by atoms with Crippen molar-refractivity contribution in [3.63, 3.8) is 0 Å². The number of nitrogens with one attached hydrogen (secondary N) is 1. The van der Waals surface area contributed by atoms with Gasteiger partial charge in [-0.3, -0.25) is 5.10 Å². The van der Waals surface area contributed by atoms with Crippen molar-refractivity contribution >= 4 is 5.82 Å². The summed E-state index contributed by atoms with van der Waals surface area (Å²) in [7, 11) is 0. The molecule has 19 heavy (non-hydrogen) atoms. The second-order valence-corrected chi connectivity index (χ2v) is 6.38. The van der Waals surface area contributed by atoms with Gasteiger partial charge in [-0.05, 0) is 22.5 Å². The maximum Gasteiger partial charge on any atom is 0.153 e. The van der Waals surface area contributed by atoms with E-state index in [-0.39, 0.29) is 5.41 Å². The third kappa shape index (κ3) is 2.65. The molecular weight excluding hydrogens is 234 g/mol. The molecule has 2 aromatic rings. The Hall–Kier alpha value is -1.77. The summed E-state index contributed by atoms with van der Waals surface area (Å²) in [6.45, 7) is 10.9. The molecule has 102 valence electrons. The van der Waals surface area contributed by atoms with Crippen LogP contribution in [0, 0.1) is 0 Å². The Morgan fingerprint density at radius 3 is 2.16 bits per heavy atom. The molecular formula is C16H23N3. The molecule has 0 aliphatic carbocycles. The van der Waals surface area contributed by atoms with Crippen LogP contribution in [-0.2, 0) is 5.41 Å². The average Bonchev–Trinajstić information content (AvgIpc) is 2.70. The number of nitrogen functional groups attached to an aromatic ring is 1. The highest BCUT2D eigenvalue weighted by molar-refractivity contribution is 5.76. The van der Waals surface area contributed by atoms with Crippen LogP contribution in [0.25, 0.3) is 11.1 Å². The maximum absolute atomic E-state index is 5.99. The Morgan fingerprint density at radius 2 is 1.68 bits per heavy atom. The molecule has 0 atom stereocenters. The summed E-state index contributed by atoms with van der Waals surface area (Å²) in [5, 5.41) is 7.18. The second kappa shape index (κ2) is 4.72. The number of aromatic amines is 1. The number of nitrogens with two attached hydrogens (primary N) is 1. The minimum Gasteiger partial charge on any atom is -0.382 e. The first kappa shape index (κ1) is 13.7. The number of hydrogen-bond acceptors (Lipinski definition) is 2. The Kier molecular flexibility index (Phi) is 3.40. The predicted molar refractivity (Wildman–Crippen MR) is 81.2 cm³/mol. The lowest BCUT2D eigenvalue weighted by molar-refractivity contribution is 0.590. The van der Waals surface area contributed by atoms with Gasteiger partial charge in [0.25, 0.3) is 0 Å². The van der Waals surface area contributed by atoms with Gasteiger partial charge in [-0.2, -0.15) is 5.10 Å². The van der Waals surface area contributed by atoms with E-state index in [0.717, 1.165) is 16.8 Å². The molecule has 1 aromatic heterocycles. The average molecular weight is 257 g/mol. The highest BCUT2D eigenvalue weighted by Gasteiger charge is 2.17. The molecule has 0 saturated heterocycles. The number of benzene rings is 1. The summed E-state index contributed by atoms with van der Waals surface area (Å²) in [6.07, 6.45) is 0. The van der Waals surface area contributed by atoms with Crippen molar-refractivity contribution in [2.45, 2.75) is 46.0 Å². The van der Waals surface area contributed by atoms with Crippen LogP contribution in [0.15, 0.2) is 24.3 Å². The molecule has 0 fully saturated rings. The van der Waals surface area contributed by atoms with Gasteiger partial charge in [0.15, 0.2) is 5.82 Å². The van der Waals surface area contributed by atoms with Gasteiger partial charge in [-0.25, -0.2) is 0 Å². The normalized spacial score (nSPS) is 12.1. The standard InChI is InChI=1S/C16H23N3/c1-10(2)14-13(15(17)19-18-14)11-6-8-12(9-7-11)16(3,4)5/h6-10H,1-5H3,(H3,17,18,19). The summed E-state index contributed by atoms with van der Waals surface area (Å²) in [4.78, 5) is 0. The van der Waals surface area contributed by atoms with Crippen LogP contribution in [0.1, 0.15) is 51.8 Å². The van der Waals surface area contributed by atoms with Gasteiger partial charge < -0.3 is 5.73 Å². The lowest BCUT2D eigenvalue weighted by Gasteiger charge is -2.19. The van der Waals surface area contributed by atoms with E-state index < -0.39 is 0 Å². The summed E-state index contributed by atoms with van der Waals surface area (Å²) in [5.74, 6) is 0.953. The van der Waals surface area contributed by atoms with E-state index in [0.29, 0.717) is 11.7 Å². The zero-order valence-electron chi connectivity index (χ0n) is 12.4. The van der Waals surface area contributed by atoms with E-state index in [4.69, 9.17) is 5.73 Å². The van der Waals surface area contributed by atoms with Gasteiger partial charge in [0, 0.05) is 11.3 Å². The van der Waals surface area contributed by atoms with Crippen LogP contribution in [0.5, 0.6) is 0 Å². The van der Waals surface area contributed by atoms with Crippen LogP contribution < -0.4 is 5.73 Å². The van der Waals surface area contributed by atoms with Crippen LogP contribution in [0.2, 0.25) is 0 Å². The van der Waals surface area contributed by atoms with Gasteiger partial charge in [-0.1, -0.05) is 58.9 Å². The van der Waals surface area contributed by atoms with Crippen LogP contribution in [-0.4, -0.2) is 10.2 Å². The molecule has 0 aliphatic rings. The van der Waals surface area contributed by atoms with E-state index in [1.54, 1.807) is 0 Å². The molecule has 0 radical (unpaired) electrons. The van der Waals surface area contributed by atoms with Crippen molar-refractivity contribution in [2.75, 3.05) is 5.73 Å². The molecule has 0 bridgehead atoms. The van der Waals surface area contributed by atoms with E-state index >= 15 is 0 Å². The molecule has 0 amide bonds. The maximum atomic E-state index is 5.99. The summed E-state index contributed by atoms with van der Waals surface area (Å²) in [5.41, 5.74) is 10.7. The lowest BCUT2D eigenvalue weighted by atomic mass is 9.86. The summed E-state index contributed by atoms with van der Waals surface area (Å²) in [6, 6.07) is 8.61. The zero-order valence-corrected chi connectivity index (χ0v) is 12.4. The lowest BCUT2D eigenvalue weighted by Crippen LogP contribution is -2.10. The number of aromatic nitrogens is 2. The highest BCUT2D eigenvalue weighted by atomic mass is 15.2. The number of H-pyrrole nitrogens is 1. The van der Waals surface area contributed by atoms with Gasteiger partial charge in [0.05, 0.1) is 0 Å². The Morgan fingerprint density at radius 1 is 1.11 bits per heavy atom. The molecule has 3 nitrogen and oxygen atoms in total. The van der Waals surface area contributed by atoms with E-state index in [1.165, 1.54) is 5.56 Å². The van der Waals surface area contributed by atoms with Crippen molar-refractivity contribution in [3.8, 4) is 11.1 Å². The monoisotopic (exact) mass is 257 g/mol. The third-order valence-electron chi connectivity index (χ3n) is 3.44. The number of hydrogen-bond donors (Lipinski definition) is 2. The molecule has 0 unspecified atom stereocenters. The SMILES string of the molecule is CC(C)c1[nH]nc(N)c1-c1ccc(C(C)(C)C)cc1. The van der Waals surface area contributed by atoms with Crippen molar-refractivity contribution < 1.29 is 0 Å². The fourth-order valence-corrected chi connectivity index (χ4v) is 2.23. The fourth-order valence-electron chi connectivity index (χ4n) is 2.23. The first-order valence-corrected chi connectivity index (χ1v) is 6.75. The zero-order chi connectivity index (χ0) is 14.2. The third-order valence-corrected chi connectivity index (χ3v) is 3.44. The molecule has 3 heteroatoms. The van der Waals surface area contributed by atoms with E-state index in [2.05, 4.69) is 69.1 Å². The Bertz CT molecular complexity index is 557.